The molecule has 2 N–H and O–H groups in total. The van der Waals surface area contributed by atoms with Crippen molar-refractivity contribution in [1.82, 2.24) is 15.5 Å². The Hall–Kier alpha value is -1.75. The van der Waals surface area contributed by atoms with E-state index in [2.05, 4.69) is 48.4 Å². The number of methoxy groups -OCH3 is 1. The number of piperidine rings is 1. The molecule has 0 bridgehead atoms. The van der Waals surface area contributed by atoms with Gasteiger partial charge in [-0.25, -0.2) is 4.99 Å². The molecule has 24 heavy (non-hydrogen) atoms. The van der Waals surface area contributed by atoms with Crippen LogP contribution in [0.15, 0.2) is 29.3 Å². The van der Waals surface area contributed by atoms with Crippen LogP contribution in [0.25, 0.3) is 0 Å². The molecule has 1 aromatic rings. The number of ether oxygens (including phenoxy) is 1. The van der Waals surface area contributed by atoms with E-state index < -0.39 is 0 Å². The van der Waals surface area contributed by atoms with Gasteiger partial charge >= 0.3 is 0 Å². The molecule has 2 rings (SSSR count). The monoisotopic (exact) mass is 332 g/mol. The van der Waals surface area contributed by atoms with Crippen molar-refractivity contribution in [3.8, 4) is 5.75 Å². The summed E-state index contributed by atoms with van der Waals surface area (Å²) in [6, 6.07) is 9.23. The van der Waals surface area contributed by atoms with E-state index in [1.807, 2.05) is 12.1 Å². The molecular weight excluding hydrogens is 300 g/mol. The maximum absolute atomic E-state index is 5.19. The lowest BCUT2D eigenvalue weighted by atomic mass is 10.0. The minimum Gasteiger partial charge on any atom is -0.497 e. The summed E-state index contributed by atoms with van der Waals surface area (Å²) in [4.78, 5) is 7.27. The van der Waals surface area contributed by atoms with Crippen LogP contribution in [-0.4, -0.2) is 49.7 Å². The number of benzene rings is 1. The predicted octanol–water partition coefficient (Wildman–Crippen LogP) is 2.62. The third kappa shape index (κ3) is 5.71. The van der Waals surface area contributed by atoms with Gasteiger partial charge < -0.3 is 20.3 Å². The molecule has 0 radical (unpaired) electrons. The smallest absolute Gasteiger partial charge is 0.191 e. The molecular formula is C19H32N4O. The Morgan fingerprint density at radius 1 is 1.25 bits per heavy atom. The van der Waals surface area contributed by atoms with Crippen molar-refractivity contribution in [3.05, 3.63) is 29.8 Å². The second-order valence-corrected chi connectivity index (χ2v) is 6.59. The molecule has 134 valence electrons. The van der Waals surface area contributed by atoms with Gasteiger partial charge in [0, 0.05) is 31.7 Å². The molecule has 0 aromatic heterocycles. The van der Waals surface area contributed by atoms with Crippen LogP contribution in [0, 0.1) is 0 Å². The molecule has 1 heterocycles. The van der Waals surface area contributed by atoms with Crippen LogP contribution >= 0.6 is 0 Å². The Morgan fingerprint density at radius 3 is 2.46 bits per heavy atom. The molecule has 1 aliphatic heterocycles. The highest BCUT2D eigenvalue weighted by Gasteiger charge is 2.21. The summed E-state index contributed by atoms with van der Waals surface area (Å²) in [7, 11) is 1.69. The van der Waals surface area contributed by atoms with Crippen molar-refractivity contribution in [2.75, 3.05) is 26.7 Å². The van der Waals surface area contributed by atoms with Gasteiger partial charge in [-0.2, -0.15) is 0 Å². The molecule has 1 fully saturated rings. The van der Waals surface area contributed by atoms with Gasteiger partial charge in [-0.05, 0) is 51.3 Å². The molecule has 0 aliphatic carbocycles. The van der Waals surface area contributed by atoms with Crippen LogP contribution in [-0.2, 0) is 6.54 Å². The molecule has 1 aliphatic rings. The Balaban J connectivity index is 1.88. The van der Waals surface area contributed by atoms with Crippen molar-refractivity contribution < 1.29 is 4.74 Å². The van der Waals surface area contributed by atoms with E-state index in [-0.39, 0.29) is 0 Å². The molecule has 1 aromatic carbocycles. The first kappa shape index (κ1) is 18.6. The first-order valence-corrected chi connectivity index (χ1v) is 9.04. The third-order valence-electron chi connectivity index (χ3n) is 4.52. The van der Waals surface area contributed by atoms with Crippen LogP contribution < -0.4 is 15.4 Å². The number of hydrogen-bond donors (Lipinski definition) is 2. The Morgan fingerprint density at radius 2 is 1.92 bits per heavy atom. The second kappa shape index (κ2) is 9.52. The van der Waals surface area contributed by atoms with Crippen molar-refractivity contribution >= 4 is 5.96 Å². The maximum Gasteiger partial charge on any atom is 0.191 e. The lowest BCUT2D eigenvalue weighted by Gasteiger charge is -2.35. The average Bonchev–Trinajstić information content (AvgIpc) is 2.61. The minimum absolute atomic E-state index is 0.508. The first-order valence-electron chi connectivity index (χ1n) is 9.04. The number of hydrogen-bond acceptors (Lipinski definition) is 3. The SMILES string of the molecule is CCNC(=NCc1ccc(OC)cc1)NC1CCN(C(C)C)CC1. The van der Waals surface area contributed by atoms with Crippen LogP contribution in [0.2, 0.25) is 0 Å². The van der Waals surface area contributed by atoms with Gasteiger partial charge in [0.15, 0.2) is 5.96 Å². The fourth-order valence-electron chi connectivity index (χ4n) is 2.97. The summed E-state index contributed by atoms with van der Waals surface area (Å²) in [5.41, 5.74) is 1.18. The Labute approximate surface area is 146 Å². The van der Waals surface area contributed by atoms with Crippen LogP contribution in [0.3, 0.4) is 0 Å². The maximum atomic E-state index is 5.19. The molecule has 0 spiro atoms. The van der Waals surface area contributed by atoms with Gasteiger partial charge in [-0.15, -0.1) is 0 Å². The molecule has 5 heteroatoms. The lowest BCUT2D eigenvalue weighted by molar-refractivity contribution is 0.167. The van der Waals surface area contributed by atoms with Crippen molar-refractivity contribution in [3.63, 3.8) is 0 Å². The van der Waals surface area contributed by atoms with Crippen LogP contribution in [0.1, 0.15) is 39.2 Å². The summed E-state index contributed by atoms with van der Waals surface area (Å²) < 4.78 is 5.19. The minimum atomic E-state index is 0.508. The topological polar surface area (TPSA) is 48.9 Å². The van der Waals surface area contributed by atoms with E-state index in [0.717, 1.165) is 31.3 Å². The largest absolute Gasteiger partial charge is 0.497 e. The quantitative estimate of drug-likeness (QED) is 0.621. The summed E-state index contributed by atoms with van der Waals surface area (Å²) >= 11 is 0. The lowest BCUT2D eigenvalue weighted by Crippen LogP contribution is -2.49. The van der Waals surface area contributed by atoms with Gasteiger partial charge in [0.05, 0.1) is 13.7 Å². The number of likely N-dealkylation sites (tertiary alicyclic amines) is 1. The van der Waals surface area contributed by atoms with E-state index in [4.69, 9.17) is 9.73 Å². The number of nitrogens with one attached hydrogen (secondary N) is 2. The zero-order chi connectivity index (χ0) is 17.4. The van der Waals surface area contributed by atoms with E-state index >= 15 is 0 Å². The van der Waals surface area contributed by atoms with Crippen molar-refractivity contribution in [1.29, 1.82) is 0 Å². The molecule has 5 nitrogen and oxygen atoms in total. The van der Waals surface area contributed by atoms with Gasteiger partial charge in [0.25, 0.3) is 0 Å². The molecule has 0 saturated carbocycles. The van der Waals surface area contributed by atoms with Gasteiger partial charge in [-0.3, -0.25) is 0 Å². The number of rotatable bonds is 6. The van der Waals surface area contributed by atoms with Crippen LogP contribution in [0.5, 0.6) is 5.75 Å². The number of aliphatic imine (C=N–C) groups is 1. The second-order valence-electron chi connectivity index (χ2n) is 6.59. The highest BCUT2D eigenvalue weighted by atomic mass is 16.5. The van der Waals surface area contributed by atoms with Crippen molar-refractivity contribution in [2.45, 2.75) is 52.2 Å². The zero-order valence-corrected chi connectivity index (χ0v) is 15.5. The summed E-state index contributed by atoms with van der Waals surface area (Å²) in [6.07, 6.45) is 2.34. The molecule has 0 amide bonds. The van der Waals surface area contributed by atoms with E-state index in [9.17, 15) is 0 Å². The van der Waals surface area contributed by atoms with Gasteiger partial charge in [0.1, 0.15) is 5.75 Å². The summed E-state index contributed by atoms with van der Waals surface area (Å²) in [5.74, 6) is 1.79. The van der Waals surface area contributed by atoms with Gasteiger partial charge in [0.2, 0.25) is 0 Å². The van der Waals surface area contributed by atoms with E-state index in [0.29, 0.717) is 18.6 Å². The number of guanidine groups is 1. The van der Waals surface area contributed by atoms with Crippen LogP contribution in [0.4, 0.5) is 0 Å². The first-order chi connectivity index (χ1) is 11.6. The zero-order valence-electron chi connectivity index (χ0n) is 15.5. The highest BCUT2D eigenvalue weighted by molar-refractivity contribution is 5.80. The van der Waals surface area contributed by atoms with Gasteiger partial charge in [-0.1, -0.05) is 12.1 Å². The van der Waals surface area contributed by atoms with Crippen molar-refractivity contribution in [2.24, 2.45) is 4.99 Å². The number of nitrogens with zero attached hydrogens (tertiary/aromatic N) is 2. The van der Waals surface area contributed by atoms with E-state index in [1.54, 1.807) is 7.11 Å². The highest BCUT2D eigenvalue weighted by Crippen LogP contribution is 2.14. The normalized spacial score (nSPS) is 17.1. The molecule has 0 unspecified atom stereocenters. The summed E-state index contributed by atoms with van der Waals surface area (Å²) in [6.45, 7) is 10.5. The fraction of sp³-hybridized carbons (Fsp3) is 0.632. The Kier molecular flexibility index (Phi) is 7.37. The fourth-order valence-corrected chi connectivity index (χ4v) is 2.97. The average molecular weight is 332 g/mol. The Bertz CT molecular complexity index is 505. The third-order valence-corrected chi connectivity index (χ3v) is 4.52. The molecule has 0 atom stereocenters. The standard InChI is InChI=1S/C19H32N4O/c1-5-20-19(21-14-16-6-8-18(24-4)9-7-16)22-17-10-12-23(13-11-17)15(2)3/h6-9,15,17H,5,10-14H2,1-4H3,(H2,20,21,22). The molecule has 1 saturated heterocycles. The predicted molar refractivity (Wildman–Crippen MR) is 101 cm³/mol. The van der Waals surface area contributed by atoms with E-state index in [1.165, 1.54) is 18.4 Å². The summed E-state index contributed by atoms with van der Waals surface area (Å²) in [5, 5.41) is 6.95.